The van der Waals surface area contributed by atoms with Crippen LogP contribution in [-0.2, 0) is 4.79 Å². The van der Waals surface area contributed by atoms with Crippen molar-refractivity contribution in [3.8, 4) is 0 Å². The molecule has 0 spiro atoms. The Morgan fingerprint density at radius 3 is 2.78 bits per heavy atom. The highest BCUT2D eigenvalue weighted by Crippen LogP contribution is 2.41. The van der Waals surface area contributed by atoms with Crippen LogP contribution in [0.4, 0.5) is 0 Å². The number of amides is 1. The summed E-state index contributed by atoms with van der Waals surface area (Å²) in [6.45, 7) is 3.79. The second-order valence-electron chi connectivity index (χ2n) is 6.45. The quantitative estimate of drug-likeness (QED) is 0.920. The molecule has 1 atom stereocenters. The highest BCUT2D eigenvalue weighted by Gasteiger charge is 2.34. The molecule has 1 aromatic carbocycles. The van der Waals surface area contributed by atoms with Gasteiger partial charge < -0.3 is 4.90 Å². The van der Waals surface area contributed by atoms with E-state index < -0.39 is 0 Å². The number of hydrogen-bond acceptors (Lipinski definition) is 3. The smallest absolute Gasteiger partial charge is 0.231 e. The Hall–Kier alpha value is -1.75. The number of aromatic amines is 1. The van der Waals surface area contributed by atoms with Gasteiger partial charge in [0.05, 0.1) is 12.1 Å². The fourth-order valence-corrected chi connectivity index (χ4v) is 4.99. The fourth-order valence-electron chi connectivity index (χ4n) is 3.77. The molecule has 1 saturated heterocycles. The van der Waals surface area contributed by atoms with Gasteiger partial charge in [0.15, 0.2) is 0 Å². The number of benzene rings is 1. The Kier molecular flexibility index (Phi) is 3.89. The van der Waals surface area contributed by atoms with Gasteiger partial charge in [0.2, 0.25) is 5.91 Å². The summed E-state index contributed by atoms with van der Waals surface area (Å²) in [5.74, 6) is 1.77. The molecule has 4 rings (SSSR count). The van der Waals surface area contributed by atoms with E-state index in [2.05, 4.69) is 40.2 Å². The molecule has 3 heterocycles. The first-order valence-electron chi connectivity index (χ1n) is 8.24. The van der Waals surface area contributed by atoms with Crippen molar-refractivity contribution in [3.05, 3.63) is 47.3 Å². The number of hydrogen-bond donors (Lipinski definition) is 1. The molecule has 2 aliphatic rings. The number of piperidine rings is 1. The van der Waals surface area contributed by atoms with Gasteiger partial charge in [-0.3, -0.25) is 9.89 Å². The van der Waals surface area contributed by atoms with E-state index in [4.69, 9.17) is 0 Å². The predicted octanol–water partition coefficient (Wildman–Crippen LogP) is 3.31. The molecule has 23 heavy (non-hydrogen) atoms. The monoisotopic (exact) mass is 327 g/mol. The molecular formula is C18H21N3OS. The molecule has 5 heteroatoms. The van der Waals surface area contributed by atoms with Crippen LogP contribution in [0.1, 0.15) is 41.5 Å². The Bertz CT molecular complexity index is 719. The average molecular weight is 327 g/mol. The first-order chi connectivity index (χ1) is 11.2. The zero-order valence-corrected chi connectivity index (χ0v) is 14.1. The lowest BCUT2D eigenvalue weighted by Crippen LogP contribution is -2.40. The molecular weight excluding hydrogens is 306 g/mol. The summed E-state index contributed by atoms with van der Waals surface area (Å²) >= 11 is 1.81. The second-order valence-corrected chi connectivity index (χ2v) is 7.51. The zero-order chi connectivity index (χ0) is 15.8. The summed E-state index contributed by atoms with van der Waals surface area (Å²) in [6.07, 6.45) is 4.02. The average Bonchev–Trinajstić information content (AvgIpc) is 3.20. The van der Waals surface area contributed by atoms with Gasteiger partial charge in [-0.25, -0.2) is 0 Å². The lowest BCUT2D eigenvalue weighted by molar-refractivity contribution is -0.133. The molecule has 2 aliphatic heterocycles. The van der Waals surface area contributed by atoms with E-state index in [0.29, 0.717) is 11.8 Å². The Labute approximate surface area is 140 Å². The van der Waals surface area contributed by atoms with Crippen molar-refractivity contribution in [2.75, 3.05) is 18.8 Å². The van der Waals surface area contributed by atoms with Crippen molar-refractivity contribution in [2.45, 2.75) is 36.5 Å². The Morgan fingerprint density at radius 2 is 2.04 bits per heavy atom. The van der Waals surface area contributed by atoms with Gasteiger partial charge in [-0.1, -0.05) is 18.2 Å². The van der Waals surface area contributed by atoms with Gasteiger partial charge in [0.25, 0.3) is 0 Å². The minimum absolute atomic E-state index is 0.0448. The molecule has 2 aromatic rings. The van der Waals surface area contributed by atoms with Crippen molar-refractivity contribution in [2.24, 2.45) is 0 Å². The van der Waals surface area contributed by atoms with Crippen molar-refractivity contribution < 1.29 is 4.79 Å². The van der Waals surface area contributed by atoms with E-state index in [1.54, 1.807) is 0 Å². The Morgan fingerprint density at radius 1 is 1.26 bits per heavy atom. The molecule has 120 valence electrons. The van der Waals surface area contributed by atoms with Crippen LogP contribution in [0.5, 0.6) is 0 Å². The highest BCUT2D eigenvalue weighted by molar-refractivity contribution is 7.99. The van der Waals surface area contributed by atoms with Crippen LogP contribution in [0.15, 0.2) is 35.4 Å². The third-order valence-corrected chi connectivity index (χ3v) is 6.30. The maximum absolute atomic E-state index is 12.9. The van der Waals surface area contributed by atoms with Gasteiger partial charge in [-0.15, -0.1) is 11.8 Å². The number of carbonyl (C=O) groups is 1. The molecule has 1 N–H and O–H groups in total. The summed E-state index contributed by atoms with van der Waals surface area (Å²) in [5.41, 5.74) is 3.70. The summed E-state index contributed by atoms with van der Waals surface area (Å²) in [6, 6.07) is 8.33. The van der Waals surface area contributed by atoms with Gasteiger partial charge >= 0.3 is 0 Å². The maximum atomic E-state index is 12.9. The number of fused-ring (bicyclic) bond motifs is 1. The topological polar surface area (TPSA) is 49.0 Å². The van der Waals surface area contributed by atoms with E-state index in [1.165, 1.54) is 16.0 Å². The second kappa shape index (κ2) is 6.04. The molecule has 1 unspecified atom stereocenters. The van der Waals surface area contributed by atoms with Crippen molar-refractivity contribution in [1.82, 2.24) is 15.1 Å². The third-order valence-electron chi connectivity index (χ3n) is 5.11. The molecule has 0 aliphatic carbocycles. The van der Waals surface area contributed by atoms with Gasteiger partial charge in [0.1, 0.15) is 0 Å². The van der Waals surface area contributed by atoms with E-state index >= 15 is 0 Å². The van der Waals surface area contributed by atoms with Gasteiger partial charge in [-0.2, -0.15) is 5.10 Å². The largest absolute Gasteiger partial charge is 0.342 e. The number of aromatic nitrogens is 2. The third kappa shape index (κ3) is 2.67. The van der Waals surface area contributed by atoms with Crippen molar-refractivity contribution in [1.29, 1.82) is 0 Å². The van der Waals surface area contributed by atoms with E-state index in [0.717, 1.165) is 37.4 Å². The molecule has 1 aromatic heterocycles. The van der Waals surface area contributed by atoms with E-state index in [1.807, 2.05) is 24.0 Å². The summed E-state index contributed by atoms with van der Waals surface area (Å²) in [4.78, 5) is 16.3. The highest BCUT2D eigenvalue weighted by atomic mass is 32.2. The van der Waals surface area contributed by atoms with Crippen LogP contribution < -0.4 is 0 Å². The van der Waals surface area contributed by atoms with Crippen molar-refractivity contribution >= 4 is 17.7 Å². The predicted molar refractivity (Wildman–Crippen MR) is 91.8 cm³/mol. The van der Waals surface area contributed by atoms with Gasteiger partial charge in [-0.05, 0) is 42.9 Å². The number of H-pyrrole nitrogens is 1. The van der Waals surface area contributed by atoms with E-state index in [-0.39, 0.29) is 5.92 Å². The maximum Gasteiger partial charge on any atom is 0.231 e. The van der Waals surface area contributed by atoms with Crippen LogP contribution in [0.25, 0.3) is 0 Å². The molecule has 0 radical (unpaired) electrons. The number of likely N-dealkylation sites (tertiary alicyclic amines) is 1. The molecule has 0 saturated carbocycles. The van der Waals surface area contributed by atoms with Crippen LogP contribution >= 0.6 is 11.8 Å². The lowest BCUT2D eigenvalue weighted by Gasteiger charge is -2.33. The van der Waals surface area contributed by atoms with Gasteiger partial charge in [0, 0.05) is 29.4 Å². The first-order valence-corrected chi connectivity index (χ1v) is 9.23. The van der Waals surface area contributed by atoms with Crippen LogP contribution in [0, 0.1) is 6.92 Å². The van der Waals surface area contributed by atoms with Crippen LogP contribution in [0.2, 0.25) is 0 Å². The number of nitrogens with one attached hydrogen (secondary N) is 1. The first kappa shape index (κ1) is 14.8. The minimum atomic E-state index is 0.0448. The lowest BCUT2D eigenvalue weighted by atomic mass is 9.89. The minimum Gasteiger partial charge on any atom is -0.342 e. The standard InChI is InChI=1S/C18H21N3OS/c1-12-15(10-19-20-12)13-6-8-21(9-7-13)18(22)16-11-23-17-5-3-2-4-14(16)17/h2-5,10,13,16H,6-9,11H2,1H3,(H,19,20). The van der Waals surface area contributed by atoms with Crippen LogP contribution in [0.3, 0.4) is 0 Å². The number of carbonyl (C=O) groups excluding carboxylic acids is 1. The molecule has 4 nitrogen and oxygen atoms in total. The normalized spacial score (nSPS) is 21.4. The number of thioether (sulfide) groups is 1. The summed E-state index contributed by atoms with van der Waals surface area (Å²) in [7, 11) is 0. The zero-order valence-electron chi connectivity index (χ0n) is 13.3. The fraction of sp³-hybridized carbons (Fsp3) is 0.444. The van der Waals surface area contributed by atoms with E-state index in [9.17, 15) is 4.79 Å². The number of rotatable bonds is 2. The number of aryl methyl sites for hydroxylation is 1. The molecule has 1 amide bonds. The SMILES string of the molecule is Cc1[nH]ncc1C1CCN(C(=O)C2CSc3ccccc32)CC1. The molecule has 0 bridgehead atoms. The Balaban J connectivity index is 1.43. The summed E-state index contributed by atoms with van der Waals surface area (Å²) in [5, 5.41) is 7.15. The summed E-state index contributed by atoms with van der Waals surface area (Å²) < 4.78 is 0. The molecule has 1 fully saturated rings. The van der Waals surface area contributed by atoms with Crippen molar-refractivity contribution in [3.63, 3.8) is 0 Å². The number of nitrogens with zero attached hydrogens (tertiary/aromatic N) is 2. The van der Waals surface area contributed by atoms with Crippen LogP contribution in [-0.4, -0.2) is 39.8 Å².